The Hall–Kier alpha value is -1.83. The molecule has 2 rings (SSSR count). The Kier molecular flexibility index (Phi) is 5.00. The van der Waals surface area contributed by atoms with Crippen molar-refractivity contribution >= 4 is 21.6 Å². The first-order valence-corrected chi connectivity index (χ1v) is 7.57. The van der Waals surface area contributed by atoms with Gasteiger partial charge in [-0.2, -0.15) is 5.26 Å². The summed E-state index contributed by atoms with van der Waals surface area (Å²) < 4.78 is 1.04. The number of hydrogen-bond donors (Lipinski definition) is 1. The first-order valence-electron chi connectivity index (χ1n) is 6.77. The molecule has 2 aromatic rings. The molecule has 0 amide bonds. The van der Waals surface area contributed by atoms with Crippen LogP contribution in [0.5, 0.6) is 0 Å². The normalized spacial score (nSPS) is 13.3. The lowest BCUT2D eigenvalue weighted by atomic mass is 9.98. The summed E-state index contributed by atoms with van der Waals surface area (Å²) >= 11 is 3.45. The van der Waals surface area contributed by atoms with Gasteiger partial charge in [0, 0.05) is 17.6 Å². The van der Waals surface area contributed by atoms with Crippen LogP contribution >= 0.6 is 15.9 Å². The smallest absolute Gasteiger partial charge is 0.101 e. The third-order valence-corrected chi connectivity index (χ3v) is 4.06. The van der Waals surface area contributed by atoms with Crippen LogP contribution in [0.3, 0.4) is 0 Å². The Bertz CT molecular complexity index is 644. The van der Waals surface area contributed by atoms with Crippen molar-refractivity contribution in [3.8, 4) is 6.07 Å². The van der Waals surface area contributed by atoms with Crippen molar-refractivity contribution < 1.29 is 0 Å². The molecular weight excluding hydrogens is 326 g/mol. The van der Waals surface area contributed by atoms with Gasteiger partial charge in [0.25, 0.3) is 0 Å². The van der Waals surface area contributed by atoms with Gasteiger partial charge in [-0.1, -0.05) is 40.2 Å². The highest BCUT2D eigenvalue weighted by molar-refractivity contribution is 9.10. The highest BCUT2D eigenvalue weighted by atomic mass is 79.9. The van der Waals surface area contributed by atoms with Crippen molar-refractivity contribution in [2.75, 3.05) is 11.9 Å². The molecular formula is C17H18BrN3. The predicted octanol–water partition coefficient (Wildman–Crippen LogP) is 3.85. The average molecular weight is 344 g/mol. The number of para-hydroxylation sites is 1. The van der Waals surface area contributed by atoms with Crippen molar-refractivity contribution in [2.45, 2.75) is 19.0 Å². The second-order valence-electron chi connectivity index (χ2n) is 5.10. The van der Waals surface area contributed by atoms with Crippen LogP contribution in [0.25, 0.3) is 0 Å². The van der Waals surface area contributed by atoms with Crippen LogP contribution in [0, 0.1) is 11.3 Å². The van der Waals surface area contributed by atoms with Gasteiger partial charge in [0.2, 0.25) is 0 Å². The SMILES string of the molecule is CC(N)C(c1ccc(Br)cc1)N(C)c1ccccc1C#N. The molecule has 0 aliphatic rings. The van der Waals surface area contributed by atoms with E-state index in [9.17, 15) is 5.26 Å². The molecule has 0 aromatic heterocycles. The van der Waals surface area contributed by atoms with Crippen molar-refractivity contribution in [2.24, 2.45) is 5.73 Å². The van der Waals surface area contributed by atoms with Crippen molar-refractivity contribution in [1.82, 2.24) is 0 Å². The lowest BCUT2D eigenvalue weighted by Crippen LogP contribution is -2.37. The molecule has 0 fully saturated rings. The number of nitrogens with two attached hydrogens (primary N) is 1. The Balaban J connectivity index is 2.43. The van der Waals surface area contributed by atoms with E-state index in [1.165, 1.54) is 0 Å². The van der Waals surface area contributed by atoms with E-state index in [1.54, 1.807) is 0 Å². The largest absolute Gasteiger partial charge is 0.365 e. The van der Waals surface area contributed by atoms with Crippen LogP contribution < -0.4 is 10.6 Å². The van der Waals surface area contributed by atoms with Gasteiger partial charge in [-0.05, 0) is 36.8 Å². The molecule has 4 heteroatoms. The zero-order valence-electron chi connectivity index (χ0n) is 12.1. The fourth-order valence-corrected chi connectivity index (χ4v) is 2.83. The molecule has 21 heavy (non-hydrogen) atoms. The summed E-state index contributed by atoms with van der Waals surface area (Å²) in [6.45, 7) is 1.98. The summed E-state index contributed by atoms with van der Waals surface area (Å²) in [4.78, 5) is 2.08. The van der Waals surface area contributed by atoms with E-state index in [4.69, 9.17) is 5.73 Å². The molecule has 0 heterocycles. The van der Waals surface area contributed by atoms with Crippen LogP contribution in [0.2, 0.25) is 0 Å². The summed E-state index contributed by atoms with van der Waals surface area (Å²) in [5, 5.41) is 9.28. The van der Waals surface area contributed by atoms with Crippen molar-refractivity contribution in [3.63, 3.8) is 0 Å². The minimum Gasteiger partial charge on any atom is -0.365 e. The van der Waals surface area contributed by atoms with Gasteiger partial charge in [-0.15, -0.1) is 0 Å². The number of likely N-dealkylation sites (N-methyl/N-ethyl adjacent to an activating group) is 1. The predicted molar refractivity (Wildman–Crippen MR) is 90.1 cm³/mol. The van der Waals surface area contributed by atoms with E-state index in [0.29, 0.717) is 5.56 Å². The highest BCUT2D eigenvalue weighted by Crippen LogP contribution is 2.30. The molecule has 0 saturated heterocycles. The molecule has 2 unspecified atom stereocenters. The Morgan fingerprint density at radius 3 is 2.33 bits per heavy atom. The Morgan fingerprint density at radius 2 is 1.76 bits per heavy atom. The Labute approximate surface area is 134 Å². The lowest BCUT2D eigenvalue weighted by molar-refractivity contribution is 0.558. The summed E-state index contributed by atoms with van der Waals surface area (Å²) in [7, 11) is 1.98. The first-order chi connectivity index (χ1) is 10.0. The standard InChI is InChI=1S/C17H18BrN3/c1-12(20)17(13-7-9-15(18)10-8-13)21(2)16-6-4-3-5-14(16)11-19/h3-10,12,17H,20H2,1-2H3. The molecule has 0 aliphatic carbocycles. The molecule has 0 aliphatic heterocycles. The second kappa shape index (κ2) is 6.75. The fourth-order valence-electron chi connectivity index (χ4n) is 2.57. The monoisotopic (exact) mass is 343 g/mol. The van der Waals surface area contributed by atoms with E-state index in [-0.39, 0.29) is 12.1 Å². The zero-order valence-corrected chi connectivity index (χ0v) is 13.7. The second-order valence-corrected chi connectivity index (χ2v) is 6.01. The minimum absolute atomic E-state index is 0.00704. The molecule has 0 radical (unpaired) electrons. The number of benzene rings is 2. The average Bonchev–Trinajstić information content (AvgIpc) is 2.49. The summed E-state index contributed by atoms with van der Waals surface area (Å²) in [5.74, 6) is 0. The molecule has 108 valence electrons. The zero-order chi connectivity index (χ0) is 15.4. The quantitative estimate of drug-likeness (QED) is 0.917. The number of nitriles is 1. The van der Waals surface area contributed by atoms with Crippen LogP contribution in [0.15, 0.2) is 53.0 Å². The molecule has 0 bridgehead atoms. The molecule has 0 spiro atoms. The maximum Gasteiger partial charge on any atom is 0.101 e. The summed E-state index contributed by atoms with van der Waals surface area (Å²) in [6.07, 6.45) is 0. The first kappa shape index (κ1) is 15.6. The number of nitrogens with zero attached hydrogens (tertiary/aromatic N) is 2. The van der Waals surface area contributed by atoms with Crippen LogP contribution in [-0.2, 0) is 0 Å². The van der Waals surface area contributed by atoms with Gasteiger partial charge < -0.3 is 10.6 Å². The Morgan fingerprint density at radius 1 is 1.14 bits per heavy atom. The van der Waals surface area contributed by atoms with Gasteiger partial charge in [0.15, 0.2) is 0 Å². The molecule has 2 aromatic carbocycles. The van der Waals surface area contributed by atoms with Gasteiger partial charge in [0.1, 0.15) is 6.07 Å². The van der Waals surface area contributed by atoms with E-state index in [0.717, 1.165) is 15.7 Å². The van der Waals surface area contributed by atoms with E-state index in [1.807, 2.05) is 50.4 Å². The third kappa shape index (κ3) is 3.44. The maximum absolute atomic E-state index is 9.28. The van der Waals surface area contributed by atoms with Gasteiger partial charge >= 0.3 is 0 Å². The molecule has 0 saturated carbocycles. The fraction of sp³-hybridized carbons (Fsp3) is 0.235. The minimum atomic E-state index is -0.0667. The van der Waals surface area contributed by atoms with Crippen molar-refractivity contribution in [3.05, 3.63) is 64.1 Å². The van der Waals surface area contributed by atoms with E-state index < -0.39 is 0 Å². The van der Waals surface area contributed by atoms with Crippen LogP contribution in [0.4, 0.5) is 5.69 Å². The van der Waals surface area contributed by atoms with Gasteiger partial charge in [0.05, 0.1) is 17.3 Å². The molecule has 2 atom stereocenters. The number of halogens is 1. The van der Waals surface area contributed by atoms with E-state index >= 15 is 0 Å². The van der Waals surface area contributed by atoms with Crippen LogP contribution in [0.1, 0.15) is 24.1 Å². The van der Waals surface area contributed by atoms with Crippen molar-refractivity contribution in [1.29, 1.82) is 5.26 Å². The number of anilines is 1. The topological polar surface area (TPSA) is 53.0 Å². The highest BCUT2D eigenvalue weighted by Gasteiger charge is 2.23. The number of hydrogen-bond acceptors (Lipinski definition) is 3. The molecule has 3 nitrogen and oxygen atoms in total. The maximum atomic E-state index is 9.28. The van der Waals surface area contributed by atoms with Crippen LogP contribution in [-0.4, -0.2) is 13.1 Å². The summed E-state index contributed by atoms with van der Waals surface area (Å²) in [5.41, 5.74) is 8.88. The summed E-state index contributed by atoms with van der Waals surface area (Å²) in [6, 6.07) is 17.9. The van der Waals surface area contributed by atoms with E-state index in [2.05, 4.69) is 39.0 Å². The number of rotatable bonds is 4. The van der Waals surface area contributed by atoms with Gasteiger partial charge in [-0.3, -0.25) is 0 Å². The third-order valence-electron chi connectivity index (χ3n) is 3.53. The van der Waals surface area contributed by atoms with Gasteiger partial charge in [-0.25, -0.2) is 0 Å². The lowest BCUT2D eigenvalue weighted by Gasteiger charge is -2.33. The molecule has 2 N–H and O–H groups in total.